The minimum atomic E-state index is 0.0313. The highest BCUT2D eigenvalue weighted by atomic mass is 16.5. The van der Waals surface area contributed by atoms with E-state index in [2.05, 4.69) is 15.1 Å². The fourth-order valence-corrected chi connectivity index (χ4v) is 3.78. The molecule has 4 rings (SSSR count). The van der Waals surface area contributed by atoms with Crippen LogP contribution in [0.3, 0.4) is 0 Å². The lowest BCUT2D eigenvalue weighted by atomic mass is 9.93. The van der Waals surface area contributed by atoms with E-state index < -0.39 is 0 Å². The first-order valence-corrected chi connectivity index (χ1v) is 9.12. The molecule has 2 aliphatic rings. The van der Waals surface area contributed by atoms with Gasteiger partial charge in [0.1, 0.15) is 5.76 Å². The van der Waals surface area contributed by atoms with E-state index in [1.54, 1.807) is 12.3 Å². The predicted octanol–water partition coefficient (Wildman–Crippen LogP) is 2.05. The summed E-state index contributed by atoms with van der Waals surface area (Å²) < 4.78 is 11.4. The Morgan fingerprint density at radius 3 is 2.77 bits per heavy atom. The number of hydrogen-bond acceptors (Lipinski definition) is 6. The maximum Gasteiger partial charge on any atom is 0.257 e. The van der Waals surface area contributed by atoms with E-state index in [4.69, 9.17) is 9.15 Å². The van der Waals surface area contributed by atoms with Crippen LogP contribution in [0.2, 0.25) is 0 Å². The summed E-state index contributed by atoms with van der Waals surface area (Å²) in [4.78, 5) is 16.9. The van der Waals surface area contributed by atoms with Gasteiger partial charge in [0.05, 0.1) is 30.2 Å². The summed E-state index contributed by atoms with van der Waals surface area (Å²) >= 11 is 0. The van der Waals surface area contributed by atoms with Crippen molar-refractivity contribution in [3.63, 3.8) is 0 Å². The molecule has 2 aromatic rings. The topological polar surface area (TPSA) is 71.7 Å². The van der Waals surface area contributed by atoms with Crippen LogP contribution in [0.4, 0.5) is 5.82 Å². The molecule has 2 saturated heterocycles. The number of rotatable bonds is 2. The average Bonchev–Trinajstić information content (AvgIpc) is 2.96. The van der Waals surface area contributed by atoms with Crippen molar-refractivity contribution in [1.82, 2.24) is 15.1 Å². The van der Waals surface area contributed by atoms with Crippen molar-refractivity contribution in [1.29, 1.82) is 0 Å². The van der Waals surface area contributed by atoms with Crippen molar-refractivity contribution in [3.05, 3.63) is 41.5 Å². The van der Waals surface area contributed by atoms with Gasteiger partial charge < -0.3 is 19.0 Å². The number of hydrogen-bond donors (Lipinski definition) is 0. The molecular weight excluding hydrogens is 332 g/mol. The highest BCUT2D eigenvalue weighted by Crippen LogP contribution is 2.27. The second kappa shape index (κ2) is 7.07. The van der Waals surface area contributed by atoms with E-state index >= 15 is 0 Å². The molecule has 2 aliphatic heterocycles. The first-order chi connectivity index (χ1) is 12.6. The second-order valence-corrected chi connectivity index (χ2v) is 7.08. The second-order valence-electron chi connectivity index (χ2n) is 7.08. The van der Waals surface area contributed by atoms with Gasteiger partial charge in [-0.15, -0.1) is 5.10 Å². The maximum atomic E-state index is 12.7. The van der Waals surface area contributed by atoms with E-state index in [9.17, 15) is 4.79 Å². The zero-order valence-electron chi connectivity index (χ0n) is 15.2. The number of anilines is 1. The Labute approximate surface area is 152 Å². The van der Waals surface area contributed by atoms with E-state index in [-0.39, 0.29) is 12.0 Å². The van der Waals surface area contributed by atoms with E-state index in [0.717, 1.165) is 37.6 Å². The molecule has 2 aromatic heterocycles. The molecule has 1 amide bonds. The van der Waals surface area contributed by atoms with Crippen molar-refractivity contribution in [2.24, 2.45) is 5.92 Å². The van der Waals surface area contributed by atoms with Crippen LogP contribution in [-0.4, -0.2) is 59.9 Å². The zero-order chi connectivity index (χ0) is 18.1. The summed E-state index contributed by atoms with van der Waals surface area (Å²) in [5, 5.41) is 8.48. The van der Waals surface area contributed by atoms with Gasteiger partial charge in [-0.2, -0.15) is 5.10 Å². The third kappa shape index (κ3) is 3.31. The molecule has 0 spiro atoms. The number of amides is 1. The van der Waals surface area contributed by atoms with Crippen LogP contribution < -0.4 is 4.90 Å². The molecule has 2 atom stereocenters. The first-order valence-electron chi connectivity index (χ1n) is 9.12. The van der Waals surface area contributed by atoms with Crippen LogP contribution >= 0.6 is 0 Å². The van der Waals surface area contributed by atoms with Gasteiger partial charge in [-0.1, -0.05) is 0 Å². The minimum absolute atomic E-state index is 0.0313. The van der Waals surface area contributed by atoms with E-state index in [0.29, 0.717) is 30.4 Å². The van der Waals surface area contributed by atoms with Gasteiger partial charge in [0.2, 0.25) is 0 Å². The van der Waals surface area contributed by atoms with Gasteiger partial charge in [0.15, 0.2) is 5.82 Å². The molecule has 26 heavy (non-hydrogen) atoms. The van der Waals surface area contributed by atoms with Gasteiger partial charge in [-0.05, 0) is 38.5 Å². The molecule has 0 saturated carbocycles. The Balaban J connectivity index is 1.44. The molecule has 0 N–H and O–H groups in total. The van der Waals surface area contributed by atoms with Crippen LogP contribution in [0.1, 0.15) is 28.2 Å². The molecule has 4 heterocycles. The van der Waals surface area contributed by atoms with Gasteiger partial charge in [-0.3, -0.25) is 4.79 Å². The molecule has 0 bridgehead atoms. The molecule has 7 heteroatoms. The van der Waals surface area contributed by atoms with Gasteiger partial charge in [-0.25, -0.2) is 0 Å². The number of furan rings is 1. The number of carbonyl (C=O) groups is 1. The third-order valence-electron chi connectivity index (χ3n) is 5.33. The molecule has 2 fully saturated rings. The summed E-state index contributed by atoms with van der Waals surface area (Å²) in [5.41, 5.74) is 1.56. The summed E-state index contributed by atoms with van der Waals surface area (Å²) in [6.07, 6.45) is 2.55. The van der Waals surface area contributed by atoms with Gasteiger partial charge in [0.25, 0.3) is 5.91 Å². The lowest BCUT2D eigenvalue weighted by Gasteiger charge is -2.38. The molecule has 0 radical (unpaired) electrons. The fourth-order valence-electron chi connectivity index (χ4n) is 3.78. The smallest absolute Gasteiger partial charge is 0.257 e. The normalized spacial score (nSPS) is 23.5. The molecule has 138 valence electrons. The summed E-state index contributed by atoms with van der Waals surface area (Å²) in [5.74, 6) is 1.98. The van der Waals surface area contributed by atoms with Crippen molar-refractivity contribution in [3.8, 4) is 0 Å². The Hall–Kier alpha value is -2.41. The van der Waals surface area contributed by atoms with Crippen LogP contribution in [0.5, 0.6) is 0 Å². The van der Waals surface area contributed by atoms with Crippen molar-refractivity contribution >= 4 is 11.7 Å². The SMILES string of the molecule is Cc1ccc(N2CCO[C@@H]3CN(C(=O)c4ccoc4C)CC[C@@H]3C2)nn1. The average molecular weight is 356 g/mol. The lowest BCUT2D eigenvalue weighted by molar-refractivity contribution is -0.0169. The lowest BCUT2D eigenvalue weighted by Crippen LogP contribution is -2.49. The molecular formula is C19H24N4O3. The molecule has 7 nitrogen and oxygen atoms in total. The van der Waals surface area contributed by atoms with Crippen LogP contribution in [0.25, 0.3) is 0 Å². The quantitative estimate of drug-likeness (QED) is 0.820. The Bertz CT molecular complexity index is 773. The number of fused-ring (bicyclic) bond motifs is 1. The number of ether oxygens (including phenoxy) is 1. The van der Waals surface area contributed by atoms with Crippen LogP contribution in [-0.2, 0) is 4.74 Å². The maximum absolute atomic E-state index is 12.7. The summed E-state index contributed by atoms with van der Waals surface area (Å²) in [6.45, 7) is 7.43. The molecule has 0 aromatic carbocycles. The van der Waals surface area contributed by atoms with Gasteiger partial charge in [0, 0.05) is 32.1 Å². The zero-order valence-corrected chi connectivity index (χ0v) is 15.2. The van der Waals surface area contributed by atoms with Crippen molar-refractivity contribution in [2.75, 3.05) is 37.7 Å². The minimum Gasteiger partial charge on any atom is -0.469 e. The summed E-state index contributed by atoms with van der Waals surface area (Å²) in [6, 6.07) is 5.75. The van der Waals surface area contributed by atoms with E-state index in [1.807, 2.05) is 30.9 Å². The molecule has 0 unspecified atom stereocenters. The molecule has 0 aliphatic carbocycles. The summed E-state index contributed by atoms with van der Waals surface area (Å²) in [7, 11) is 0. The number of aromatic nitrogens is 2. The number of piperidine rings is 1. The third-order valence-corrected chi connectivity index (χ3v) is 5.33. The van der Waals surface area contributed by atoms with Crippen molar-refractivity contribution in [2.45, 2.75) is 26.4 Å². The number of likely N-dealkylation sites (tertiary alicyclic amines) is 1. The van der Waals surface area contributed by atoms with E-state index in [1.165, 1.54) is 0 Å². The highest BCUT2D eigenvalue weighted by molar-refractivity contribution is 5.95. The fraction of sp³-hybridized carbons (Fsp3) is 0.526. The predicted molar refractivity (Wildman–Crippen MR) is 96.2 cm³/mol. The van der Waals surface area contributed by atoms with Crippen molar-refractivity contribution < 1.29 is 13.9 Å². The Kier molecular flexibility index (Phi) is 4.63. The first kappa shape index (κ1) is 17.0. The Morgan fingerprint density at radius 2 is 2.04 bits per heavy atom. The number of nitrogens with zero attached hydrogens (tertiary/aromatic N) is 4. The highest BCUT2D eigenvalue weighted by Gasteiger charge is 2.36. The van der Waals surface area contributed by atoms with Crippen LogP contribution in [0, 0.1) is 19.8 Å². The van der Waals surface area contributed by atoms with Gasteiger partial charge >= 0.3 is 0 Å². The Morgan fingerprint density at radius 1 is 1.15 bits per heavy atom. The number of carbonyl (C=O) groups excluding carboxylic acids is 1. The largest absolute Gasteiger partial charge is 0.469 e. The van der Waals surface area contributed by atoms with Crippen LogP contribution in [0.15, 0.2) is 28.9 Å². The monoisotopic (exact) mass is 356 g/mol. The standard InChI is InChI=1S/C19H24N4O3/c1-13-3-4-18(21-20-13)22-8-10-26-17-12-23(7-5-15(17)11-22)19(24)16-6-9-25-14(16)2/h3-4,6,9,15,17H,5,7-8,10-12H2,1-2H3/t15-,17-/m1/s1. The number of aryl methyl sites for hydroxylation is 2.